The van der Waals surface area contributed by atoms with Crippen LogP contribution in [0.25, 0.3) is 10.9 Å². The Kier molecular flexibility index (Phi) is 17.0. The van der Waals surface area contributed by atoms with Crippen molar-refractivity contribution < 1.29 is 14.7 Å². The number of fused-ring (bicyclic) bond motifs is 1. The number of nitrogens with one attached hydrogen (secondary N) is 1. The van der Waals surface area contributed by atoms with Gasteiger partial charge in [-0.15, -0.1) is 0 Å². The zero-order chi connectivity index (χ0) is 35.1. The summed E-state index contributed by atoms with van der Waals surface area (Å²) >= 11 is 12.1. The Balaban J connectivity index is 0.00000181. The molecule has 254 valence electrons. The van der Waals surface area contributed by atoms with E-state index in [2.05, 4.69) is 66.3 Å². The van der Waals surface area contributed by atoms with Crippen LogP contribution in [0.2, 0.25) is 10.0 Å². The number of benzene rings is 2. The summed E-state index contributed by atoms with van der Waals surface area (Å²) in [6, 6.07) is 13.4. The first-order chi connectivity index (χ1) is 22.2. The Morgan fingerprint density at radius 1 is 1.09 bits per heavy atom. The molecule has 1 atom stereocenters. The maximum absolute atomic E-state index is 12.8. The minimum absolute atomic E-state index is 0.00624. The number of rotatable bonds is 16. The van der Waals surface area contributed by atoms with Gasteiger partial charge in [-0.3, -0.25) is 9.59 Å². The largest absolute Gasteiger partial charge is 0.394 e. The molecule has 2 aromatic carbocycles. The zero-order valence-corrected chi connectivity index (χ0v) is 30.3. The van der Waals surface area contributed by atoms with Gasteiger partial charge in [0.2, 0.25) is 5.91 Å². The highest BCUT2D eigenvalue weighted by atomic mass is 35.5. The summed E-state index contributed by atoms with van der Waals surface area (Å²) in [5, 5.41) is 13.1. The van der Waals surface area contributed by atoms with Crippen molar-refractivity contribution in [1.29, 1.82) is 0 Å². The monoisotopic (exact) mass is 679 g/mol. The average molecular weight is 681 g/mol. The van der Waals surface area contributed by atoms with E-state index < -0.39 is 0 Å². The van der Waals surface area contributed by atoms with Crippen LogP contribution in [-0.2, 0) is 17.8 Å². The van der Waals surface area contributed by atoms with Gasteiger partial charge in [0.05, 0.1) is 6.42 Å². The third-order valence-corrected chi connectivity index (χ3v) is 7.92. The van der Waals surface area contributed by atoms with Gasteiger partial charge >= 0.3 is 0 Å². The molecule has 3 rings (SSSR count). The highest BCUT2D eigenvalue weighted by Gasteiger charge is 2.16. The predicted octanol–water partition coefficient (Wildman–Crippen LogP) is 9.00. The van der Waals surface area contributed by atoms with Gasteiger partial charge in [-0.25, -0.2) is 0 Å². The number of hydrogen-bond acceptors (Lipinski definition) is 4. The minimum Gasteiger partial charge on any atom is -0.394 e. The van der Waals surface area contributed by atoms with Crippen molar-refractivity contribution in [3.8, 4) is 0 Å². The first-order valence-corrected chi connectivity index (χ1v) is 16.8. The lowest BCUT2D eigenvalue weighted by Gasteiger charge is -2.25. The Bertz CT molecular complexity index is 1560. The molecule has 0 radical (unpaired) electrons. The molecule has 0 fully saturated rings. The third kappa shape index (κ3) is 14.5. The van der Waals surface area contributed by atoms with Gasteiger partial charge in [-0.05, 0) is 90.9 Å². The van der Waals surface area contributed by atoms with Crippen LogP contribution in [0.4, 0.5) is 0 Å². The number of carbonyl (C=O) groups is 2. The lowest BCUT2D eigenvalue weighted by molar-refractivity contribution is -0.120. The number of hydrogen-bond donors (Lipinski definition) is 2. The molecule has 2 N–H and O–H groups in total. The maximum atomic E-state index is 12.8. The van der Waals surface area contributed by atoms with Gasteiger partial charge < -0.3 is 19.9 Å². The molecule has 8 heteroatoms. The van der Waals surface area contributed by atoms with Crippen LogP contribution in [0.15, 0.2) is 96.8 Å². The quantitative estimate of drug-likeness (QED) is 0.0900. The second kappa shape index (κ2) is 20.1. The summed E-state index contributed by atoms with van der Waals surface area (Å²) in [6.07, 6.45) is 9.97. The number of nitrogens with zero attached hydrogens (tertiary/aromatic N) is 2. The topological polar surface area (TPSA) is 74.6 Å². The lowest BCUT2D eigenvalue weighted by Crippen LogP contribution is -2.31. The lowest BCUT2D eigenvalue weighted by atomic mass is 9.99. The van der Waals surface area contributed by atoms with E-state index in [0.717, 1.165) is 59.1 Å². The number of aliphatic hydroxyl groups excluding tert-OH is 1. The smallest absolute Gasteiger partial charge is 0.224 e. The number of halogens is 2. The zero-order valence-electron chi connectivity index (χ0n) is 28.8. The van der Waals surface area contributed by atoms with Gasteiger partial charge in [-0.1, -0.05) is 89.5 Å². The van der Waals surface area contributed by atoms with Crippen molar-refractivity contribution >= 4 is 45.8 Å². The molecule has 47 heavy (non-hydrogen) atoms. The fraction of sp³-hybridized carbons (Fsp3) is 0.385. The molecule has 3 aromatic rings. The number of aromatic nitrogens is 1. The van der Waals surface area contributed by atoms with Crippen LogP contribution < -0.4 is 5.32 Å². The number of aliphatic hydroxyl groups is 1. The van der Waals surface area contributed by atoms with Crippen molar-refractivity contribution in [3.63, 3.8) is 0 Å². The molecule has 0 aliphatic rings. The Labute approximate surface area is 291 Å². The molecular weight excluding hydrogens is 629 g/mol. The van der Waals surface area contributed by atoms with Crippen LogP contribution in [0.5, 0.6) is 0 Å². The van der Waals surface area contributed by atoms with Gasteiger partial charge in [0.25, 0.3) is 0 Å². The highest BCUT2D eigenvalue weighted by Crippen LogP contribution is 2.24. The van der Waals surface area contributed by atoms with E-state index >= 15 is 0 Å². The molecule has 0 saturated heterocycles. The molecule has 0 bridgehead atoms. The molecule has 6 nitrogen and oxygen atoms in total. The molecule has 1 amide bonds. The number of para-hydroxylation sites is 1. The second-order valence-electron chi connectivity index (χ2n) is 12.4. The fourth-order valence-corrected chi connectivity index (χ4v) is 5.72. The number of aryl methyl sites for hydroxylation is 1. The first-order valence-electron chi connectivity index (χ1n) is 16.0. The van der Waals surface area contributed by atoms with Gasteiger partial charge in [-0.2, -0.15) is 0 Å². The Morgan fingerprint density at radius 2 is 1.72 bits per heavy atom. The van der Waals surface area contributed by atoms with Crippen LogP contribution in [0.1, 0.15) is 69.8 Å². The SMILES string of the molecule is C=C/C=C(C)\C=C(/C)CNC(=O)Cc1cn(CCCN(C)[C@H](C)CC(=C)CC(=O)c2cc(Cl)cc(Cl)c2)c2ccccc12.CC(C)O. The summed E-state index contributed by atoms with van der Waals surface area (Å²) in [6.45, 7) is 19.7. The maximum Gasteiger partial charge on any atom is 0.224 e. The number of amides is 1. The number of allylic oxidation sites excluding steroid dienone is 4. The molecule has 1 heterocycles. The Morgan fingerprint density at radius 3 is 2.36 bits per heavy atom. The summed E-state index contributed by atoms with van der Waals surface area (Å²) in [5.41, 5.74) is 5.75. The molecule has 0 spiro atoms. The molecule has 1 aromatic heterocycles. The highest BCUT2D eigenvalue weighted by molar-refractivity contribution is 6.35. The van der Waals surface area contributed by atoms with Gasteiger partial charge in [0, 0.05) is 64.4 Å². The molecule has 0 aliphatic carbocycles. The second-order valence-corrected chi connectivity index (χ2v) is 13.3. The average Bonchev–Trinajstić information content (AvgIpc) is 3.32. The van der Waals surface area contributed by atoms with Crippen LogP contribution in [0, 0.1) is 0 Å². The van der Waals surface area contributed by atoms with E-state index in [1.54, 1.807) is 38.1 Å². The summed E-state index contributed by atoms with van der Waals surface area (Å²) in [4.78, 5) is 27.8. The van der Waals surface area contributed by atoms with E-state index in [1.807, 2.05) is 32.1 Å². The summed E-state index contributed by atoms with van der Waals surface area (Å²) in [7, 11) is 2.10. The summed E-state index contributed by atoms with van der Waals surface area (Å²) < 4.78 is 2.25. The van der Waals surface area contributed by atoms with Crippen molar-refractivity contribution in [2.45, 2.75) is 79.0 Å². The van der Waals surface area contributed by atoms with Gasteiger partial charge in [0.15, 0.2) is 5.78 Å². The molecule has 0 saturated carbocycles. The third-order valence-electron chi connectivity index (χ3n) is 7.48. The standard InChI is InChI=1S/C36H43Cl2N3O2.C3H8O/c1-7-11-25(2)16-27(4)23-39-36(43)21-30-24-41(34-13-9-8-12-33(30)34)15-10-14-40(6)28(5)17-26(3)18-35(42)29-19-31(37)22-32(38)20-29;1-3(2)4/h7-9,11-13,16,19-20,22,24,28H,1,3,10,14-15,17-18,21,23H2,2,4-6H3,(H,39,43);3-4H,1-2H3/b25-11-,27-16+;/t28-;/m1./s1. The van der Waals surface area contributed by atoms with E-state index in [-0.39, 0.29) is 30.3 Å². The molecule has 0 aliphatic heterocycles. The van der Waals surface area contributed by atoms with Gasteiger partial charge in [0.1, 0.15) is 0 Å². The van der Waals surface area contributed by atoms with Crippen molar-refractivity contribution in [2.24, 2.45) is 0 Å². The van der Waals surface area contributed by atoms with Crippen LogP contribution in [0.3, 0.4) is 0 Å². The van der Waals surface area contributed by atoms with Crippen LogP contribution in [-0.4, -0.2) is 58.5 Å². The van der Waals surface area contributed by atoms with E-state index in [1.165, 1.54) is 0 Å². The van der Waals surface area contributed by atoms with E-state index in [9.17, 15) is 9.59 Å². The van der Waals surface area contributed by atoms with E-state index in [0.29, 0.717) is 28.6 Å². The van der Waals surface area contributed by atoms with Crippen LogP contribution >= 0.6 is 23.2 Å². The number of carbonyl (C=O) groups excluding carboxylic acids is 2. The summed E-state index contributed by atoms with van der Waals surface area (Å²) in [5.74, 6) is -0.0256. The van der Waals surface area contributed by atoms with E-state index in [4.69, 9.17) is 28.3 Å². The molecular formula is C39H51Cl2N3O3. The normalized spacial score (nSPS) is 12.6. The van der Waals surface area contributed by atoms with Crippen molar-refractivity contribution in [2.75, 3.05) is 20.1 Å². The Hall–Kier alpha value is -3.42. The number of Topliss-reactive ketones (excluding diaryl/α,β-unsaturated/α-hetero) is 1. The molecule has 0 unspecified atom stereocenters. The predicted molar refractivity (Wildman–Crippen MR) is 200 cm³/mol. The fourth-order valence-electron chi connectivity index (χ4n) is 5.20. The first kappa shape index (κ1) is 39.8. The van der Waals surface area contributed by atoms with Crippen molar-refractivity contribution in [3.05, 3.63) is 118 Å². The number of ketones is 1. The minimum atomic E-state index is -0.167. The van der Waals surface area contributed by atoms with Crippen molar-refractivity contribution in [1.82, 2.24) is 14.8 Å².